The molecule has 2 nitrogen and oxygen atoms in total. The van der Waals surface area contributed by atoms with Crippen LogP contribution >= 0.6 is 0 Å². The van der Waals surface area contributed by atoms with Gasteiger partial charge in [-0.05, 0) is 36.6 Å². The van der Waals surface area contributed by atoms with Gasteiger partial charge < -0.3 is 10.1 Å². The minimum absolute atomic E-state index is 0.855. The summed E-state index contributed by atoms with van der Waals surface area (Å²) in [6.45, 7) is 6.68. The maximum Gasteiger partial charge on any atom is 0.118 e. The number of ether oxygens (including phenoxy) is 1. The molecule has 0 atom stereocenters. The Morgan fingerprint density at radius 1 is 1.00 bits per heavy atom. The van der Waals surface area contributed by atoms with Crippen LogP contribution in [0.25, 0.3) is 0 Å². The average molecular weight is 263 g/mol. The highest BCUT2D eigenvalue weighted by atomic mass is 16.5. The average Bonchev–Trinajstić information content (AvgIpc) is 2.42. The van der Waals surface area contributed by atoms with Gasteiger partial charge in [0.25, 0.3) is 0 Å². The fourth-order valence-corrected chi connectivity index (χ4v) is 2.13. The Morgan fingerprint density at radius 2 is 1.68 bits per heavy atom. The fourth-order valence-electron chi connectivity index (χ4n) is 2.13. The molecule has 0 aliphatic rings. The van der Waals surface area contributed by atoms with E-state index in [0.717, 1.165) is 24.8 Å². The Labute approximate surface area is 118 Å². The lowest BCUT2D eigenvalue weighted by atomic mass is 10.0. The van der Waals surface area contributed by atoms with Gasteiger partial charge in [0.05, 0.1) is 7.11 Å². The van der Waals surface area contributed by atoms with Gasteiger partial charge in [-0.3, -0.25) is 0 Å². The van der Waals surface area contributed by atoms with Crippen molar-refractivity contribution in [2.75, 3.05) is 13.7 Å². The SMILES string of the molecule is COc1ccc(CNCCCCCCC(C)C)cc1. The van der Waals surface area contributed by atoms with Gasteiger partial charge in [0, 0.05) is 6.54 Å². The molecule has 1 aromatic carbocycles. The van der Waals surface area contributed by atoms with Gasteiger partial charge in [-0.15, -0.1) is 0 Å². The third-order valence-corrected chi connectivity index (χ3v) is 3.37. The summed E-state index contributed by atoms with van der Waals surface area (Å²) < 4.78 is 5.15. The van der Waals surface area contributed by atoms with Crippen molar-refractivity contribution >= 4 is 0 Å². The predicted octanol–water partition coefficient (Wildman–Crippen LogP) is 4.39. The molecular weight excluding hydrogens is 234 g/mol. The van der Waals surface area contributed by atoms with Crippen molar-refractivity contribution in [1.29, 1.82) is 0 Å². The molecule has 0 saturated heterocycles. The van der Waals surface area contributed by atoms with Crippen LogP contribution in [0, 0.1) is 5.92 Å². The van der Waals surface area contributed by atoms with E-state index in [4.69, 9.17) is 4.74 Å². The van der Waals surface area contributed by atoms with E-state index in [2.05, 4.69) is 31.3 Å². The molecule has 2 heteroatoms. The first-order chi connectivity index (χ1) is 9.22. The minimum atomic E-state index is 0.855. The van der Waals surface area contributed by atoms with E-state index in [9.17, 15) is 0 Å². The summed E-state index contributed by atoms with van der Waals surface area (Å²) in [4.78, 5) is 0. The molecule has 0 bridgehead atoms. The Kier molecular flexibility index (Phi) is 8.31. The predicted molar refractivity (Wildman–Crippen MR) is 82.6 cm³/mol. The Morgan fingerprint density at radius 3 is 2.32 bits per heavy atom. The zero-order chi connectivity index (χ0) is 13.9. The summed E-state index contributed by atoms with van der Waals surface area (Å²) in [5.41, 5.74) is 1.32. The van der Waals surface area contributed by atoms with Gasteiger partial charge in [0.1, 0.15) is 5.75 Å². The first kappa shape index (κ1) is 16.0. The molecule has 108 valence electrons. The van der Waals surface area contributed by atoms with Gasteiger partial charge in [-0.25, -0.2) is 0 Å². The van der Waals surface area contributed by atoms with Crippen molar-refractivity contribution in [3.63, 3.8) is 0 Å². The second-order valence-electron chi connectivity index (χ2n) is 5.62. The first-order valence-corrected chi connectivity index (χ1v) is 7.56. The summed E-state index contributed by atoms with van der Waals surface area (Å²) in [5.74, 6) is 1.78. The van der Waals surface area contributed by atoms with E-state index in [1.54, 1.807) is 7.11 Å². The molecular formula is C17H29NO. The zero-order valence-corrected chi connectivity index (χ0v) is 12.7. The highest BCUT2D eigenvalue weighted by Crippen LogP contribution is 2.11. The Balaban J connectivity index is 1.98. The van der Waals surface area contributed by atoms with E-state index >= 15 is 0 Å². The van der Waals surface area contributed by atoms with E-state index in [0.29, 0.717) is 0 Å². The summed E-state index contributed by atoms with van der Waals surface area (Å²) in [6, 6.07) is 8.27. The summed E-state index contributed by atoms with van der Waals surface area (Å²) in [7, 11) is 1.70. The van der Waals surface area contributed by atoms with Gasteiger partial charge in [-0.1, -0.05) is 51.7 Å². The van der Waals surface area contributed by atoms with Crippen molar-refractivity contribution in [3.8, 4) is 5.75 Å². The number of nitrogens with one attached hydrogen (secondary N) is 1. The van der Waals surface area contributed by atoms with Crippen LogP contribution in [0.1, 0.15) is 51.5 Å². The van der Waals surface area contributed by atoms with Crippen molar-refractivity contribution in [2.45, 2.75) is 52.5 Å². The van der Waals surface area contributed by atoms with Crippen LogP contribution in [-0.4, -0.2) is 13.7 Å². The molecule has 0 aliphatic carbocycles. The lowest BCUT2D eigenvalue weighted by Gasteiger charge is -2.07. The Hall–Kier alpha value is -1.02. The fraction of sp³-hybridized carbons (Fsp3) is 0.647. The summed E-state index contributed by atoms with van der Waals surface area (Å²) in [6.07, 6.45) is 6.77. The quantitative estimate of drug-likeness (QED) is 0.632. The molecule has 0 radical (unpaired) electrons. The van der Waals surface area contributed by atoms with E-state index < -0.39 is 0 Å². The number of rotatable bonds is 10. The van der Waals surface area contributed by atoms with Crippen molar-refractivity contribution in [1.82, 2.24) is 5.32 Å². The molecule has 1 aromatic rings. The zero-order valence-electron chi connectivity index (χ0n) is 12.7. The minimum Gasteiger partial charge on any atom is -0.497 e. The van der Waals surface area contributed by atoms with E-state index in [1.807, 2.05) is 12.1 Å². The van der Waals surface area contributed by atoms with Crippen LogP contribution in [0.2, 0.25) is 0 Å². The molecule has 0 unspecified atom stereocenters. The van der Waals surface area contributed by atoms with Crippen LogP contribution in [0.4, 0.5) is 0 Å². The molecule has 0 spiro atoms. The Bertz CT molecular complexity index is 319. The smallest absolute Gasteiger partial charge is 0.118 e. The number of unbranched alkanes of at least 4 members (excludes halogenated alkanes) is 3. The third kappa shape index (κ3) is 7.89. The molecule has 19 heavy (non-hydrogen) atoms. The number of hydrogen-bond acceptors (Lipinski definition) is 2. The second kappa shape index (κ2) is 9.85. The first-order valence-electron chi connectivity index (χ1n) is 7.56. The molecule has 1 N–H and O–H groups in total. The number of methoxy groups -OCH3 is 1. The third-order valence-electron chi connectivity index (χ3n) is 3.37. The van der Waals surface area contributed by atoms with E-state index in [1.165, 1.54) is 37.7 Å². The maximum atomic E-state index is 5.15. The molecule has 0 saturated carbocycles. The van der Waals surface area contributed by atoms with Crippen LogP contribution < -0.4 is 10.1 Å². The van der Waals surface area contributed by atoms with Crippen LogP contribution in [0.5, 0.6) is 5.75 Å². The van der Waals surface area contributed by atoms with Crippen LogP contribution in [0.15, 0.2) is 24.3 Å². The largest absolute Gasteiger partial charge is 0.497 e. The molecule has 0 aliphatic heterocycles. The highest BCUT2D eigenvalue weighted by molar-refractivity contribution is 5.26. The van der Waals surface area contributed by atoms with Gasteiger partial charge in [-0.2, -0.15) is 0 Å². The van der Waals surface area contributed by atoms with E-state index in [-0.39, 0.29) is 0 Å². The molecule has 0 amide bonds. The van der Waals surface area contributed by atoms with Gasteiger partial charge in [0.2, 0.25) is 0 Å². The highest BCUT2D eigenvalue weighted by Gasteiger charge is 1.96. The topological polar surface area (TPSA) is 21.3 Å². The van der Waals surface area contributed by atoms with Gasteiger partial charge >= 0.3 is 0 Å². The molecule has 0 aromatic heterocycles. The summed E-state index contributed by atoms with van der Waals surface area (Å²) in [5, 5.41) is 3.50. The van der Waals surface area contributed by atoms with Gasteiger partial charge in [0.15, 0.2) is 0 Å². The van der Waals surface area contributed by atoms with Crippen LogP contribution in [-0.2, 0) is 6.54 Å². The lowest BCUT2D eigenvalue weighted by molar-refractivity contribution is 0.414. The molecule has 0 fully saturated rings. The normalized spacial score (nSPS) is 10.9. The second-order valence-corrected chi connectivity index (χ2v) is 5.62. The monoisotopic (exact) mass is 263 g/mol. The van der Waals surface area contributed by atoms with Crippen molar-refractivity contribution in [2.24, 2.45) is 5.92 Å². The number of hydrogen-bond donors (Lipinski definition) is 1. The molecule has 1 rings (SSSR count). The molecule has 0 heterocycles. The lowest BCUT2D eigenvalue weighted by Crippen LogP contribution is -2.14. The standard InChI is InChI=1S/C17H29NO/c1-15(2)8-6-4-5-7-13-18-14-16-9-11-17(19-3)12-10-16/h9-12,15,18H,4-8,13-14H2,1-3H3. The maximum absolute atomic E-state index is 5.15. The number of benzene rings is 1. The summed E-state index contributed by atoms with van der Waals surface area (Å²) >= 11 is 0. The van der Waals surface area contributed by atoms with Crippen molar-refractivity contribution in [3.05, 3.63) is 29.8 Å². The van der Waals surface area contributed by atoms with Crippen molar-refractivity contribution < 1.29 is 4.74 Å². The van der Waals surface area contributed by atoms with Crippen LogP contribution in [0.3, 0.4) is 0 Å².